The van der Waals surface area contributed by atoms with Gasteiger partial charge in [0.1, 0.15) is 0 Å². The summed E-state index contributed by atoms with van der Waals surface area (Å²) < 4.78 is 0. The van der Waals surface area contributed by atoms with Crippen LogP contribution in [-0.2, 0) is 0 Å². The van der Waals surface area contributed by atoms with E-state index in [1.807, 2.05) is 0 Å². The van der Waals surface area contributed by atoms with Crippen LogP contribution in [-0.4, -0.2) is 9.97 Å². The number of rotatable bonds is 0. The van der Waals surface area contributed by atoms with E-state index in [1.165, 1.54) is 20.9 Å². The van der Waals surface area contributed by atoms with Crippen LogP contribution in [0.2, 0.25) is 0 Å². The van der Waals surface area contributed by atoms with Gasteiger partial charge in [-0.2, -0.15) is 0 Å². The molecule has 24 heavy (non-hydrogen) atoms. The molecule has 2 nitrogen and oxygen atoms in total. The van der Waals surface area contributed by atoms with Gasteiger partial charge in [-0.1, -0.05) is 12.2 Å². The summed E-state index contributed by atoms with van der Waals surface area (Å²) in [5.74, 6) is 0. The molecule has 8 bridgehead atoms. The highest BCUT2D eigenvalue weighted by Gasteiger charge is 2.03. The zero-order chi connectivity index (χ0) is 15.9. The number of thiophene rings is 1. The first-order chi connectivity index (χ1) is 11.8. The van der Waals surface area contributed by atoms with Gasteiger partial charge < -0.3 is 9.97 Å². The van der Waals surface area contributed by atoms with Crippen LogP contribution in [0, 0.1) is 0 Å². The number of aromatic amines is 2. The molecule has 3 aromatic heterocycles. The second-order valence-electron chi connectivity index (χ2n) is 6.18. The fourth-order valence-electron chi connectivity index (χ4n) is 3.17. The molecular weight excluding hydrogens is 312 g/mol. The summed E-state index contributed by atoms with van der Waals surface area (Å²) in [5, 5.41) is 4.57. The van der Waals surface area contributed by atoms with Crippen molar-refractivity contribution < 1.29 is 0 Å². The lowest BCUT2D eigenvalue weighted by molar-refractivity contribution is 1.26. The van der Waals surface area contributed by atoms with Gasteiger partial charge in [-0.3, -0.25) is 0 Å². The highest BCUT2D eigenvalue weighted by Crippen LogP contribution is 2.19. The third-order valence-corrected chi connectivity index (χ3v) is 5.27. The van der Waals surface area contributed by atoms with Crippen LogP contribution in [0.15, 0.2) is 59.7 Å². The molecule has 0 saturated heterocycles. The normalized spacial score (nSPS) is 21.2. The van der Waals surface area contributed by atoms with Crippen molar-refractivity contribution in [2.75, 3.05) is 0 Å². The lowest BCUT2D eigenvalue weighted by Gasteiger charge is -1.89. The van der Waals surface area contributed by atoms with Crippen molar-refractivity contribution in [2.24, 2.45) is 0 Å². The van der Waals surface area contributed by atoms with Gasteiger partial charge in [0.2, 0.25) is 0 Å². The van der Waals surface area contributed by atoms with Crippen molar-refractivity contribution >= 4 is 35.6 Å². The van der Waals surface area contributed by atoms with Crippen LogP contribution in [0.5, 0.6) is 0 Å². The maximum atomic E-state index is 3.48. The van der Waals surface area contributed by atoms with E-state index in [4.69, 9.17) is 0 Å². The third-order valence-electron chi connectivity index (χ3n) is 4.29. The van der Waals surface area contributed by atoms with Crippen LogP contribution in [0.3, 0.4) is 0 Å². The van der Waals surface area contributed by atoms with Crippen LogP contribution in [0.4, 0.5) is 0 Å². The SMILES string of the molecule is C1=C2C=C(/C=c3/cc/c([nH]3)=C/c3ccc(s3)/C=c3/cc/c([nH]3)=C/2)C1. The Morgan fingerprint density at radius 2 is 1.21 bits per heavy atom. The van der Waals surface area contributed by atoms with Gasteiger partial charge in [0.05, 0.1) is 0 Å². The zero-order valence-electron chi connectivity index (χ0n) is 13.0. The van der Waals surface area contributed by atoms with Crippen molar-refractivity contribution in [3.05, 3.63) is 90.8 Å². The second-order valence-corrected chi connectivity index (χ2v) is 7.33. The van der Waals surface area contributed by atoms with Crippen molar-refractivity contribution in [1.29, 1.82) is 0 Å². The van der Waals surface area contributed by atoms with E-state index in [1.54, 1.807) is 11.3 Å². The van der Waals surface area contributed by atoms with E-state index in [0.29, 0.717) is 0 Å². The smallest absolute Gasteiger partial charge is 0.0399 e. The number of hydrogen-bond donors (Lipinski definition) is 2. The minimum absolute atomic E-state index is 0.984. The molecule has 2 N–H and O–H groups in total. The van der Waals surface area contributed by atoms with Crippen LogP contribution < -0.4 is 21.4 Å². The number of hydrogen-bond acceptors (Lipinski definition) is 1. The van der Waals surface area contributed by atoms with Crippen LogP contribution >= 0.6 is 11.3 Å². The monoisotopic (exact) mass is 328 g/mol. The standard InChI is InChI=1S/C21H16N2S/c1-2-15-9-14(1)10-16-3-5-18(22-16)12-20-7-8-21(24-20)13-19-6-4-17(11-15)23-19/h1,3-13,22-23H,2H2/b16-10-,17-11-,18-12-,19-13-. The molecule has 116 valence electrons. The Labute approximate surface area is 143 Å². The first-order valence-electron chi connectivity index (χ1n) is 8.08. The summed E-state index contributed by atoms with van der Waals surface area (Å²) in [6, 6.07) is 12.9. The first kappa shape index (κ1) is 13.6. The van der Waals surface area contributed by atoms with Gasteiger partial charge in [0.25, 0.3) is 0 Å². The summed E-state index contributed by atoms with van der Waals surface area (Å²) in [6.45, 7) is 0. The minimum Gasteiger partial charge on any atom is -0.355 e. The maximum absolute atomic E-state index is 3.48. The van der Waals surface area contributed by atoms with E-state index in [2.05, 4.69) is 82.8 Å². The van der Waals surface area contributed by atoms with E-state index in [-0.39, 0.29) is 0 Å². The van der Waals surface area contributed by atoms with Gasteiger partial charge in [0.15, 0.2) is 0 Å². The molecule has 2 aliphatic rings. The van der Waals surface area contributed by atoms with Gasteiger partial charge in [-0.25, -0.2) is 0 Å². The second kappa shape index (κ2) is 5.39. The first-order valence-corrected chi connectivity index (χ1v) is 8.89. The lowest BCUT2D eigenvalue weighted by Crippen LogP contribution is -2.09. The molecule has 4 heterocycles. The van der Waals surface area contributed by atoms with Gasteiger partial charge >= 0.3 is 0 Å². The summed E-state index contributed by atoms with van der Waals surface area (Å²) in [4.78, 5) is 9.47. The number of allylic oxidation sites excluding steroid dienone is 4. The molecule has 0 aromatic carbocycles. The molecule has 1 aliphatic heterocycles. The Kier molecular flexibility index (Phi) is 3.06. The molecule has 1 aliphatic carbocycles. The Hall–Kier alpha value is -2.78. The Balaban J connectivity index is 1.76. The molecular formula is C21H16N2S. The number of fused-ring (bicyclic) bond motifs is 7. The number of H-pyrrole nitrogens is 2. The molecule has 0 radical (unpaired) electrons. The van der Waals surface area contributed by atoms with E-state index >= 15 is 0 Å². The summed E-state index contributed by atoms with van der Waals surface area (Å²) >= 11 is 1.80. The highest BCUT2D eigenvalue weighted by molar-refractivity contribution is 7.13. The quantitative estimate of drug-likeness (QED) is 0.632. The average Bonchev–Trinajstić information content (AvgIpc) is 3.32. The molecule has 5 rings (SSSR count). The zero-order valence-corrected chi connectivity index (χ0v) is 13.9. The van der Waals surface area contributed by atoms with Crippen LogP contribution in [0.25, 0.3) is 24.3 Å². The van der Waals surface area contributed by atoms with E-state index in [0.717, 1.165) is 27.8 Å². The molecule has 0 atom stereocenters. The van der Waals surface area contributed by atoms with Crippen molar-refractivity contribution in [3.63, 3.8) is 0 Å². The average molecular weight is 328 g/mol. The Bertz CT molecular complexity index is 1230. The fourth-order valence-corrected chi connectivity index (χ4v) is 4.09. The van der Waals surface area contributed by atoms with Gasteiger partial charge in [-0.05, 0) is 78.3 Å². The molecule has 0 saturated carbocycles. The molecule has 0 unspecified atom stereocenters. The van der Waals surface area contributed by atoms with E-state index < -0.39 is 0 Å². The molecule has 0 spiro atoms. The molecule has 3 heteroatoms. The van der Waals surface area contributed by atoms with Gasteiger partial charge in [0, 0.05) is 31.2 Å². The maximum Gasteiger partial charge on any atom is 0.0399 e. The highest BCUT2D eigenvalue weighted by atomic mass is 32.1. The predicted molar refractivity (Wildman–Crippen MR) is 101 cm³/mol. The summed E-state index contributed by atoms with van der Waals surface area (Å²) in [5.41, 5.74) is 2.59. The third kappa shape index (κ3) is 2.63. The molecule has 0 fully saturated rings. The van der Waals surface area contributed by atoms with Gasteiger partial charge in [-0.15, -0.1) is 11.3 Å². The summed E-state index contributed by atoms with van der Waals surface area (Å²) in [7, 11) is 0. The Morgan fingerprint density at radius 3 is 1.88 bits per heavy atom. The van der Waals surface area contributed by atoms with Crippen LogP contribution in [0.1, 0.15) is 16.2 Å². The van der Waals surface area contributed by atoms with Crippen molar-refractivity contribution in [2.45, 2.75) is 6.42 Å². The summed E-state index contributed by atoms with van der Waals surface area (Å²) in [6.07, 6.45) is 14.3. The molecule has 0 amide bonds. The Morgan fingerprint density at radius 1 is 0.625 bits per heavy atom. The van der Waals surface area contributed by atoms with Crippen molar-refractivity contribution in [1.82, 2.24) is 9.97 Å². The minimum atomic E-state index is 0.984. The number of aromatic nitrogens is 2. The largest absolute Gasteiger partial charge is 0.355 e. The number of nitrogens with one attached hydrogen (secondary N) is 2. The van der Waals surface area contributed by atoms with E-state index in [9.17, 15) is 0 Å². The topological polar surface area (TPSA) is 31.6 Å². The predicted octanol–water partition coefficient (Wildman–Crippen LogP) is 1.89. The lowest BCUT2D eigenvalue weighted by atomic mass is 10.2. The van der Waals surface area contributed by atoms with Crippen molar-refractivity contribution in [3.8, 4) is 0 Å². The fraction of sp³-hybridized carbons (Fsp3) is 0.0476. The molecule has 3 aromatic rings.